The molecule has 0 N–H and O–H groups in total. The van der Waals surface area contributed by atoms with Crippen molar-refractivity contribution in [2.24, 2.45) is 0 Å². The molecule has 2 atom stereocenters. The minimum atomic E-state index is 0.0135. The molecular weight excluding hydrogens is 389 g/mol. The lowest BCUT2D eigenvalue weighted by Crippen LogP contribution is -2.33. The molecule has 2 aromatic carbocycles. The number of piperidine rings is 1. The second-order valence-corrected chi connectivity index (χ2v) is 10.8. The second kappa shape index (κ2) is 10.2. The van der Waals surface area contributed by atoms with Gasteiger partial charge in [0.2, 0.25) is 0 Å². The number of rotatable bonds is 8. The fraction of sp³-hybridized carbons (Fsp3) is 0.538. The van der Waals surface area contributed by atoms with Crippen LogP contribution in [0.4, 0.5) is 5.69 Å². The van der Waals surface area contributed by atoms with Gasteiger partial charge in [0.1, 0.15) is 5.75 Å². The Morgan fingerprint density at radius 3 is 2.40 bits per heavy atom. The lowest BCUT2D eigenvalue weighted by Gasteiger charge is -2.35. The molecule has 0 aromatic heterocycles. The van der Waals surface area contributed by atoms with Crippen LogP contribution in [0.3, 0.4) is 0 Å². The number of hydrogen-bond acceptors (Lipinski definition) is 3. The van der Waals surface area contributed by atoms with Gasteiger partial charge >= 0.3 is 0 Å². The summed E-state index contributed by atoms with van der Waals surface area (Å²) in [6.45, 7) is 13.9. The highest BCUT2D eigenvalue weighted by Crippen LogP contribution is 2.49. The Balaban J connectivity index is 2.03. The van der Waals surface area contributed by atoms with E-state index in [-0.39, 0.29) is 11.9 Å². The molecule has 1 aliphatic heterocycles. The van der Waals surface area contributed by atoms with Gasteiger partial charge in [-0.1, -0.05) is 52.3 Å². The quantitative estimate of drug-likeness (QED) is 0.369. The molecule has 2 aromatic rings. The van der Waals surface area contributed by atoms with Crippen molar-refractivity contribution in [3.05, 3.63) is 52.6 Å². The maximum atomic E-state index is 6.10. The standard InChI is InChI=1S/C26H38NO2P/c1-7-26(5,22-16-20(3)15-21(4)25(22)29-18-28-6)30-24-12-11-19(2)17-23(24)27-13-9-8-10-14-27/h11-12,15-17,30H,7-10,13-14,18H2,1-6H3. The van der Waals surface area contributed by atoms with E-state index < -0.39 is 0 Å². The predicted molar refractivity (Wildman–Crippen MR) is 131 cm³/mol. The zero-order valence-electron chi connectivity index (χ0n) is 19.6. The SMILES string of the molecule is CCC(C)(Pc1ccc(C)cc1N1CCCCC1)c1cc(C)cc(C)c1OCOC. The van der Waals surface area contributed by atoms with Crippen molar-refractivity contribution in [2.45, 2.75) is 65.5 Å². The van der Waals surface area contributed by atoms with Crippen molar-refractivity contribution in [1.29, 1.82) is 0 Å². The van der Waals surface area contributed by atoms with Gasteiger partial charge < -0.3 is 14.4 Å². The first-order valence-corrected chi connectivity index (χ1v) is 12.2. The predicted octanol–water partition coefficient (Wildman–Crippen LogP) is 6.21. The van der Waals surface area contributed by atoms with E-state index in [0.717, 1.165) is 12.2 Å². The van der Waals surface area contributed by atoms with Crippen molar-refractivity contribution in [1.82, 2.24) is 0 Å². The van der Waals surface area contributed by atoms with E-state index in [1.54, 1.807) is 7.11 Å². The van der Waals surface area contributed by atoms with Gasteiger partial charge in [-0.25, -0.2) is 0 Å². The van der Waals surface area contributed by atoms with Crippen LogP contribution in [0.25, 0.3) is 0 Å². The van der Waals surface area contributed by atoms with E-state index in [1.165, 1.54) is 65.6 Å². The molecule has 0 saturated carbocycles. The maximum Gasteiger partial charge on any atom is 0.188 e. The van der Waals surface area contributed by atoms with Crippen LogP contribution in [0.5, 0.6) is 5.75 Å². The molecule has 3 nitrogen and oxygen atoms in total. The number of anilines is 1. The summed E-state index contributed by atoms with van der Waals surface area (Å²) in [5.41, 5.74) is 6.57. The molecule has 0 bridgehead atoms. The van der Waals surface area contributed by atoms with E-state index >= 15 is 0 Å². The smallest absolute Gasteiger partial charge is 0.188 e. The Morgan fingerprint density at radius 2 is 1.73 bits per heavy atom. The monoisotopic (exact) mass is 427 g/mol. The molecule has 0 amide bonds. The van der Waals surface area contributed by atoms with Crippen molar-refractivity contribution in [3.63, 3.8) is 0 Å². The first-order valence-electron chi connectivity index (χ1n) is 11.2. The first kappa shape index (κ1) is 23.1. The van der Waals surface area contributed by atoms with Crippen LogP contribution >= 0.6 is 8.58 Å². The van der Waals surface area contributed by atoms with Crippen LogP contribution in [0, 0.1) is 20.8 Å². The van der Waals surface area contributed by atoms with E-state index in [2.05, 4.69) is 69.9 Å². The topological polar surface area (TPSA) is 21.7 Å². The van der Waals surface area contributed by atoms with Gasteiger partial charge in [-0.15, -0.1) is 0 Å². The van der Waals surface area contributed by atoms with E-state index in [0.29, 0.717) is 8.58 Å². The highest BCUT2D eigenvalue weighted by molar-refractivity contribution is 7.49. The van der Waals surface area contributed by atoms with Crippen LogP contribution < -0.4 is 14.9 Å². The Morgan fingerprint density at radius 1 is 1.00 bits per heavy atom. The van der Waals surface area contributed by atoms with Crippen LogP contribution in [0.15, 0.2) is 30.3 Å². The second-order valence-electron chi connectivity index (χ2n) is 8.89. The molecule has 0 spiro atoms. The highest BCUT2D eigenvalue weighted by atomic mass is 31.1. The van der Waals surface area contributed by atoms with Crippen LogP contribution in [-0.4, -0.2) is 27.0 Å². The summed E-state index contributed by atoms with van der Waals surface area (Å²) >= 11 is 0. The number of aryl methyl sites for hydroxylation is 3. The normalized spacial score (nSPS) is 16.8. The number of methoxy groups -OCH3 is 1. The Labute approximate surface area is 184 Å². The molecule has 0 aliphatic carbocycles. The average molecular weight is 428 g/mol. The summed E-state index contributed by atoms with van der Waals surface area (Å²) in [7, 11) is 2.36. The summed E-state index contributed by atoms with van der Waals surface area (Å²) in [5.74, 6) is 0.992. The summed E-state index contributed by atoms with van der Waals surface area (Å²) in [5, 5.41) is 1.49. The zero-order valence-corrected chi connectivity index (χ0v) is 20.6. The third-order valence-electron chi connectivity index (χ3n) is 6.30. The highest BCUT2D eigenvalue weighted by Gasteiger charge is 2.31. The van der Waals surface area contributed by atoms with Crippen LogP contribution in [-0.2, 0) is 9.89 Å². The molecule has 1 fully saturated rings. The summed E-state index contributed by atoms with van der Waals surface area (Å²) in [6.07, 6.45) is 5.02. The summed E-state index contributed by atoms with van der Waals surface area (Å²) in [4.78, 5) is 2.61. The molecule has 0 radical (unpaired) electrons. The number of hydrogen-bond donors (Lipinski definition) is 0. The van der Waals surface area contributed by atoms with Gasteiger partial charge in [-0.3, -0.25) is 0 Å². The fourth-order valence-electron chi connectivity index (χ4n) is 4.46. The lowest BCUT2D eigenvalue weighted by atomic mass is 9.92. The Bertz CT molecular complexity index is 860. The molecule has 1 aliphatic rings. The molecular formula is C26H38NO2P. The third-order valence-corrected chi connectivity index (χ3v) is 8.17. The van der Waals surface area contributed by atoms with Crippen LogP contribution in [0.2, 0.25) is 0 Å². The molecule has 1 heterocycles. The van der Waals surface area contributed by atoms with Crippen molar-refractivity contribution in [2.75, 3.05) is 31.9 Å². The van der Waals surface area contributed by atoms with Crippen LogP contribution in [0.1, 0.15) is 61.8 Å². The lowest BCUT2D eigenvalue weighted by molar-refractivity contribution is 0.0495. The average Bonchev–Trinajstić information content (AvgIpc) is 2.74. The van der Waals surface area contributed by atoms with Gasteiger partial charge in [-0.05, 0) is 69.0 Å². The molecule has 1 saturated heterocycles. The minimum absolute atomic E-state index is 0.0135. The zero-order chi connectivity index (χ0) is 21.7. The molecule has 30 heavy (non-hydrogen) atoms. The number of nitrogens with zero attached hydrogens (tertiary/aromatic N) is 1. The number of benzene rings is 2. The third kappa shape index (κ3) is 5.18. The van der Waals surface area contributed by atoms with Gasteiger partial charge in [0, 0.05) is 36.6 Å². The summed E-state index contributed by atoms with van der Waals surface area (Å²) < 4.78 is 11.3. The van der Waals surface area contributed by atoms with Crippen molar-refractivity contribution >= 4 is 19.6 Å². The molecule has 3 rings (SSSR count). The van der Waals surface area contributed by atoms with Crippen molar-refractivity contribution < 1.29 is 9.47 Å². The van der Waals surface area contributed by atoms with E-state index in [9.17, 15) is 0 Å². The van der Waals surface area contributed by atoms with Gasteiger partial charge in [-0.2, -0.15) is 0 Å². The van der Waals surface area contributed by atoms with Crippen molar-refractivity contribution in [3.8, 4) is 5.75 Å². The minimum Gasteiger partial charge on any atom is -0.467 e. The van der Waals surface area contributed by atoms with E-state index in [4.69, 9.17) is 9.47 Å². The maximum absolute atomic E-state index is 6.10. The van der Waals surface area contributed by atoms with E-state index in [1.807, 2.05) is 0 Å². The largest absolute Gasteiger partial charge is 0.467 e. The van der Waals surface area contributed by atoms with Gasteiger partial charge in [0.25, 0.3) is 0 Å². The number of ether oxygens (including phenoxy) is 2. The summed E-state index contributed by atoms with van der Waals surface area (Å²) in [6, 6.07) is 11.6. The Hall–Kier alpha value is -1.57. The fourth-order valence-corrected chi connectivity index (χ4v) is 6.08. The molecule has 164 valence electrons. The Kier molecular flexibility index (Phi) is 7.82. The molecule has 4 heteroatoms. The first-order chi connectivity index (χ1) is 14.4. The van der Waals surface area contributed by atoms with Gasteiger partial charge in [0.05, 0.1) is 0 Å². The molecule has 2 unspecified atom stereocenters. The van der Waals surface area contributed by atoms with Gasteiger partial charge in [0.15, 0.2) is 6.79 Å².